The Labute approximate surface area is 178 Å². The summed E-state index contributed by atoms with van der Waals surface area (Å²) in [5, 5.41) is 9.33. The Morgan fingerprint density at radius 1 is 1.27 bits per heavy atom. The van der Waals surface area contributed by atoms with Crippen LogP contribution in [0.4, 0.5) is 18.0 Å². The van der Waals surface area contributed by atoms with Crippen molar-refractivity contribution in [2.75, 3.05) is 6.54 Å². The van der Waals surface area contributed by atoms with E-state index < -0.39 is 57.5 Å². The van der Waals surface area contributed by atoms with E-state index in [0.29, 0.717) is 12.8 Å². The van der Waals surface area contributed by atoms with Gasteiger partial charge in [0.2, 0.25) is 0 Å². The maximum atomic E-state index is 15.3. The Morgan fingerprint density at radius 2 is 1.87 bits per heavy atom. The number of carboxylic acid groups (broad SMARTS) is 1. The van der Waals surface area contributed by atoms with Crippen LogP contribution in [-0.4, -0.2) is 44.0 Å². The summed E-state index contributed by atoms with van der Waals surface area (Å²) in [6, 6.07) is 3.14. The molecule has 0 radical (unpaired) electrons. The molecule has 2 aliphatic heterocycles. The molecule has 30 heavy (non-hydrogen) atoms. The summed E-state index contributed by atoms with van der Waals surface area (Å²) in [5.74, 6) is -5.41. The number of fused-ring (bicyclic) bond motifs is 2. The fourth-order valence-corrected chi connectivity index (χ4v) is 5.25. The molecule has 0 aromatic heterocycles. The van der Waals surface area contributed by atoms with Crippen LogP contribution in [0.1, 0.15) is 57.6 Å². The Hall–Kier alpha value is -1.45. The summed E-state index contributed by atoms with van der Waals surface area (Å²) in [5.41, 5.74) is -0.485. The summed E-state index contributed by atoms with van der Waals surface area (Å²) in [7, 11) is 0. The predicted molar refractivity (Wildman–Crippen MR) is 109 cm³/mol. The number of piperidine rings is 1. The van der Waals surface area contributed by atoms with Gasteiger partial charge in [0.1, 0.15) is 10.6 Å². The van der Waals surface area contributed by atoms with Gasteiger partial charge in [-0.15, -0.1) is 4.72 Å². The van der Waals surface area contributed by atoms with Crippen molar-refractivity contribution >= 4 is 17.5 Å². The molecule has 1 aromatic rings. The number of amides is 1. The van der Waals surface area contributed by atoms with Gasteiger partial charge in [0.05, 0.1) is 5.56 Å². The zero-order valence-electron chi connectivity index (χ0n) is 17.5. The SMILES string of the molecule is CC(C)(C)[S@@+]([O-])NCCc1cccc(C(F)(F)C2C[C@H]3CC[C@H](C2)N3C(=O)O)c1F. The standard InChI is InChI=1S/C21H29F3N2O3S/c1-20(2,3)30(29)25-10-9-13-5-4-6-17(18(13)22)21(23,24)14-11-15-7-8-16(12-14)26(15)19(27)28/h4-6,14-16,25H,7-12H2,1-3H3,(H,27,28)/t15-,16-,30-/m1/s1. The number of benzene rings is 1. The van der Waals surface area contributed by atoms with E-state index in [-0.39, 0.29) is 31.4 Å². The molecule has 9 heteroatoms. The topological polar surface area (TPSA) is 75.6 Å². The number of nitrogens with zero attached hydrogens (tertiary/aromatic N) is 1. The van der Waals surface area contributed by atoms with Gasteiger partial charge in [-0.1, -0.05) is 18.2 Å². The molecule has 1 aromatic carbocycles. The van der Waals surface area contributed by atoms with E-state index in [1.54, 1.807) is 20.8 Å². The average molecular weight is 447 g/mol. The fourth-order valence-electron chi connectivity index (χ4n) is 4.53. The minimum atomic E-state index is -3.38. The van der Waals surface area contributed by atoms with Gasteiger partial charge in [-0.25, -0.2) is 18.0 Å². The van der Waals surface area contributed by atoms with E-state index in [9.17, 15) is 14.5 Å². The second-order valence-electron chi connectivity index (χ2n) is 9.17. The van der Waals surface area contributed by atoms with Gasteiger partial charge in [-0.05, 0) is 58.4 Å². The molecule has 2 N–H and O–H groups in total. The number of rotatable bonds is 6. The molecule has 3 atom stereocenters. The zero-order valence-corrected chi connectivity index (χ0v) is 18.3. The number of nitrogens with one attached hydrogen (secondary N) is 1. The Bertz CT molecular complexity index is 773. The Kier molecular flexibility index (Phi) is 6.65. The Balaban J connectivity index is 1.72. The first-order valence-electron chi connectivity index (χ1n) is 10.2. The van der Waals surface area contributed by atoms with Gasteiger partial charge < -0.3 is 14.6 Å². The third-order valence-corrected chi connectivity index (χ3v) is 7.67. The molecule has 3 rings (SSSR count). The fraction of sp³-hybridized carbons (Fsp3) is 0.667. The molecule has 2 aliphatic rings. The van der Waals surface area contributed by atoms with Crippen molar-refractivity contribution in [3.63, 3.8) is 0 Å². The molecule has 2 heterocycles. The van der Waals surface area contributed by atoms with Crippen LogP contribution in [0.25, 0.3) is 0 Å². The maximum absolute atomic E-state index is 15.3. The van der Waals surface area contributed by atoms with E-state index in [1.165, 1.54) is 17.0 Å². The van der Waals surface area contributed by atoms with E-state index >= 15 is 13.2 Å². The van der Waals surface area contributed by atoms with Crippen molar-refractivity contribution < 1.29 is 27.6 Å². The summed E-state index contributed by atoms with van der Waals surface area (Å²) >= 11 is -1.33. The molecule has 2 saturated heterocycles. The molecule has 0 aliphatic carbocycles. The quantitative estimate of drug-likeness (QED) is 0.634. The Morgan fingerprint density at radius 3 is 2.40 bits per heavy atom. The van der Waals surface area contributed by atoms with Crippen molar-refractivity contribution in [3.05, 3.63) is 35.1 Å². The lowest BCUT2D eigenvalue weighted by Crippen LogP contribution is -2.49. The highest BCUT2D eigenvalue weighted by Gasteiger charge is 2.52. The van der Waals surface area contributed by atoms with Crippen LogP contribution in [0.3, 0.4) is 0 Å². The number of halogens is 3. The first kappa shape index (κ1) is 23.2. The van der Waals surface area contributed by atoms with E-state index in [0.717, 1.165) is 6.07 Å². The van der Waals surface area contributed by atoms with Gasteiger partial charge >= 0.3 is 6.09 Å². The highest BCUT2D eigenvalue weighted by Crippen LogP contribution is 2.49. The van der Waals surface area contributed by atoms with Crippen molar-refractivity contribution in [1.29, 1.82) is 0 Å². The smallest absolute Gasteiger partial charge is 0.407 e. The third-order valence-electron chi connectivity index (χ3n) is 6.09. The van der Waals surface area contributed by atoms with Gasteiger partial charge in [0.25, 0.3) is 5.92 Å². The molecule has 0 unspecified atom stereocenters. The van der Waals surface area contributed by atoms with Crippen LogP contribution in [0.2, 0.25) is 0 Å². The molecule has 2 fully saturated rings. The highest BCUT2D eigenvalue weighted by atomic mass is 32.2. The van der Waals surface area contributed by atoms with Crippen LogP contribution < -0.4 is 4.72 Å². The van der Waals surface area contributed by atoms with Crippen molar-refractivity contribution in [3.8, 4) is 0 Å². The van der Waals surface area contributed by atoms with Crippen molar-refractivity contribution in [2.24, 2.45) is 5.92 Å². The minimum Gasteiger partial charge on any atom is -0.598 e. The number of carbonyl (C=O) groups is 1. The van der Waals surface area contributed by atoms with Crippen LogP contribution >= 0.6 is 0 Å². The first-order valence-corrected chi connectivity index (χ1v) is 11.4. The van der Waals surface area contributed by atoms with Crippen molar-refractivity contribution in [1.82, 2.24) is 9.62 Å². The third kappa shape index (κ3) is 4.57. The van der Waals surface area contributed by atoms with E-state index in [4.69, 9.17) is 0 Å². The first-order chi connectivity index (χ1) is 13.9. The minimum absolute atomic E-state index is 0.0333. The lowest BCUT2D eigenvalue weighted by atomic mass is 9.82. The summed E-state index contributed by atoms with van der Waals surface area (Å²) in [6.45, 7) is 5.62. The summed E-state index contributed by atoms with van der Waals surface area (Å²) in [4.78, 5) is 12.7. The van der Waals surface area contributed by atoms with Gasteiger partial charge in [0, 0.05) is 35.9 Å². The van der Waals surface area contributed by atoms with E-state index in [2.05, 4.69) is 4.72 Å². The zero-order chi connectivity index (χ0) is 22.3. The monoisotopic (exact) mass is 446 g/mol. The molecule has 0 saturated carbocycles. The maximum Gasteiger partial charge on any atom is 0.407 e. The van der Waals surface area contributed by atoms with Crippen LogP contribution in [0.15, 0.2) is 18.2 Å². The number of hydrogen-bond acceptors (Lipinski definition) is 3. The molecule has 168 valence electrons. The number of hydrogen-bond donors (Lipinski definition) is 2. The largest absolute Gasteiger partial charge is 0.598 e. The summed E-state index contributed by atoms with van der Waals surface area (Å²) in [6.07, 6.45) is 0.278. The highest BCUT2D eigenvalue weighted by molar-refractivity contribution is 7.90. The molecular weight excluding hydrogens is 417 g/mol. The molecular formula is C21H29F3N2O3S. The normalized spacial score (nSPS) is 25.4. The molecule has 5 nitrogen and oxygen atoms in total. The van der Waals surface area contributed by atoms with Gasteiger partial charge in [-0.3, -0.25) is 0 Å². The van der Waals surface area contributed by atoms with E-state index in [1.807, 2.05) is 0 Å². The molecule has 2 bridgehead atoms. The second kappa shape index (κ2) is 8.59. The van der Waals surface area contributed by atoms with Crippen molar-refractivity contribution in [2.45, 2.75) is 75.6 Å². The van der Waals surface area contributed by atoms with Gasteiger partial charge in [0.15, 0.2) is 0 Å². The van der Waals surface area contributed by atoms with Crippen LogP contribution in [-0.2, 0) is 23.7 Å². The lowest BCUT2D eigenvalue weighted by Gasteiger charge is -2.40. The average Bonchev–Trinajstić information content (AvgIpc) is 2.92. The summed E-state index contributed by atoms with van der Waals surface area (Å²) < 4.78 is 60.0. The molecule has 1 amide bonds. The van der Waals surface area contributed by atoms with Crippen LogP contribution in [0.5, 0.6) is 0 Å². The van der Waals surface area contributed by atoms with Gasteiger partial charge in [-0.2, -0.15) is 0 Å². The lowest BCUT2D eigenvalue weighted by molar-refractivity contribution is -0.0968. The predicted octanol–water partition coefficient (Wildman–Crippen LogP) is 4.43. The molecule has 0 spiro atoms. The van der Waals surface area contributed by atoms with Crippen LogP contribution in [0, 0.1) is 11.7 Å². The second-order valence-corrected chi connectivity index (χ2v) is 11.2. The number of alkyl halides is 2.